The Morgan fingerprint density at radius 3 is 2.67 bits per heavy atom. The number of morpholine rings is 1. The van der Waals surface area contributed by atoms with Gasteiger partial charge in [0.25, 0.3) is 5.89 Å². The van der Waals surface area contributed by atoms with E-state index >= 15 is 0 Å². The minimum absolute atomic E-state index is 0.0260. The minimum atomic E-state index is -4.06. The van der Waals surface area contributed by atoms with Gasteiger partial charge in [-0.3, -0.25) is 4.79 Å². The number of amides is 1. The summed E-state index contributed by atoms with van der Waals surface area (Å²) in [5.41, 5.74) is 0. The number of ether oxygens (including phenoxy) is 3. The normalized spacial score (nSPS) is 19.7. The summed E-state index contributed by atoms with van der Waals surface area (Å²) in [7, 11) is -4.06. The van der Waals surface area contributed by atoms with E-state index in [2.05, 4.69) is 10.2 Å². The van der Waals surface area contributed by atoms with Gasteiger partial charge in [0.2, 0.25) is 21.8 Å². The summed E-state index contributed by atoms with van der Waals surface area (Å²) in [5.74, 6) is -0.207. The zero-order valence-corrected chi connectivity index (χ0v) is 15.1. The van der Waals surface area contributed by atoms with Gasteiger partial charge in [0.15, 0.2) is 11.5 Å². The standard InChI is InChI=1S/C16H17N3O7S/c20-14(19-5-7-23-8-6-19)10-27(21,22)16-18-17-15(26-16)13-9-24-11-3-1-2-4-12(11)25-13/h1-4,13H,5-10H2. The van der Waals surface area contributed by atoms with Crippen LogP contribution in [0, 0.1) is 0 Å². The molecule has 0 N–H and O–H groups in total. The first-order valence-electron chi connectivity index (χ1n) is 8.33. The van der Waals surface area contributed by atoms with Crippen molar-refractivity contribution in [3.05, 3.63) is 30.2 Å². The van der Waals surface area contributed by atoms with Crippen molar-refractivity contribution < 1.29 is 31.8 Å². The van der Waals surface area contributed by atoms with Gasteiger partial charge < -0.3 is 23.5 Å². The fourth-order valence-electron chi connectivity index (χ4n) is 2.75. The highest BCUT2D eigenvalue weighted by molar-refractivity contribution is 7.91. The number of carbonyl (C=O) groups excluding carboxylic acids is 1. The van der Waals surface area contributed by atoms with E-state index in [4.69, 9.17) is 18.6 Å². The average molecular weight is 395 g/mol. The zero-order valence-electron chi connectivity index (χ0n) is 14.2. The molecule has 0 spiro atoms. The number of benzene rings is 1. The molecule has 0 radical (unpaired) electrons. The van der Waals surface area contributed by atoms with Crippen molar-refractivity contribution in [3.8, 4) is 11.5 Å². The molecule has 1 unspecified atom stereocenters. The number of para-hydroxylation sites is 2. The van der Waals surface area contributed by atoms with E-state index in [1.165, 1.54) is 4.90 Å². The molecule has 1 aromatic heterocycles. The zero-order chi connectivity index (χ0) is 18.9. The molecule has 3 heterocycles. The van der Waals surface area contributed by atoms with E-state index in [0.717, 1.165) is 0 Å². The lowest BCUT2D eigenvalue weighted by Crippen LogP contribution is -2.43. The molecule has 1 saturated heterocycles. The first kappa shape index (κ1) is 17.7. The molecular weight excluding hydrogens is 378 g/mol. The largest absolute Gasteiger partial charge is 0.485 e. The first-order chi connectivity index (χ1) is 13.0. The molecule has 2 aliphatic heterocycles. The summed E-state index contributed by atoms with van der Waals surface area (Å²) >= 11 is 0. The van der Waals surface area contributed by atoms with Crippen LogP contribution < -0.4 is 9.47 Å². The van der Waals surface area contributed by atoms with Crippen LogP contribution in [0.15, 0.2) is 33.9 Å². The van der Waals surface area contributed by atoms with Crippen molar-refractivity contribution >= 4 is 15.7 Å². The molecule has 10 nitrogen and oxygen atoms in total. The van der Waals surface area contributed by atoms with Crippen LogP contribution in [-0.4, -0.2) is 68.1 Å². The molecule has 144 valence electrons. The lowest BCUT2D eigenvalue weighted by molar-refractivity contribution is -0.132. The molecule has 2 aromatic rings. The van der Waals surface area contributed by atoms with Gasteiger partial charge in [0.1, 0.15) is 12.4 Å². The summed E-state index contributed by atoms with van der Waals surface area (Å²) in [6, 6.07) is 7.07. The molecule has 1 atom stereocenters. The van der Waals surface area contributed by atoms with Gasteiger partial charge in [-0.1, -0.05) is 17.2 Å². The third-order valence-electron chi connectivity index (χ3n) is 4.15. The number of hydrogen-bond donors (Lipinski definition) is 0. The van der Waals surface area contributed by atoms with Crippen LogP contribution >= 0.6 is 0 Å². The van der Waals surface area contributed by atoms with Crippen LogP contribution in [0.3, 0.4) is 0 Å². The molecule has 1 fully saturated rings. The molecule has 27 heavy (non-hydrogen) atoms. The third kappa shape index (κ3) is 3.74. The van der Waals surface area contributed by atoms with E-state index in [1.807, 2.05) is 6.07 Å². The maximum absolute atomic E-state index is 12.4. The quantitative estimate of drug-likeness (QED) is 0.715. The average Bonchev–Trinajstić information content (AvgIpc) is 3.19. The van der Waals surface area contributed by atoms with Gasteiger partial charge in [0, 0.05) is 13.1 Å². The lowest BCUT2D eigenvalue weighted by Gasteiger charge is -2.26. The second-order valence-electron chi connectivity index (χ2n) is 6.02. The third-order valence-corrected chi connectivity index (χ3v) is 5.47. The Hall–Kier alpha value is -2.66. The van der Waals surface area contributed by atoms with Crippen molar-refractivity contribution in [2.45, 2.75) is 11.3 Å². The van der Waals surface area contributed by atoms with Gasteiger partial charge in [0.05, 0.1) is 13.2 Å². The highest BCUT2D eigenvalue weighted by atomic mass is 32.2. The Balaban J connectivity index is 1.46. The van der Waals surface area contributed by atoms with Gasteiger partial charge in [-0.05, 0) is 12.1 Å². The predicted molar refractivity (Wildman–Crippen MR) is 89.1 cm³/mol. The van der Waals surface area contributed by atoms with Gasteiger partial charge in [-0.15, -0.1) is 5.10 Å². The van der Waals surface area contributed by atoms with Crippen molar-refractivity contribution in [2.24, 2.45) is 0 Å². The van der Waals surface area contributed by atoms with Gasteiger partial charge in [-0.2, -0.15) is 0 Å². The summed E-state index contributed by atoms with van der Waals surface area (Å²) in [6.07, 6.45) is -0.730. The molecule has 2 aliphatic rings. The number of aromatic nitrogens is 2. The van der Waals surface area contributed by atoms with Crippen LogP contribution in [0.4, 0.5) is 0 Å². The van der Waals surface area contributed by atoms with Crippen molar-refractivity contribution in [2.75, 3.05) is 38.7 Å². The van der Waals surface area contributed by atoms with Crippen LogP contribution in [0.2, 0.25) is 0 Å². The van der Waals surface area contributed by atoms with Gasteiger partial charge in [-0.25, -0.2) is 8.42 Å². The maximum atomic E-state index is 12.4. The SMILES string of the molecule is O=C(CS(=O)(=O)c1nnc(C2COc3ccccc3O2)o1)N1CCOCC1. The fraction of sp³-hybridized carbons (Fsp3) is 0.438. The molecule has 0 saturated carbocycles. The number of nitrogens with zero attached hydrogens (tertiary/aromatic N) is 3. The van der Waals surface area contributed by atoms with E-state index in [9.17, 15) is 13.2 Å². The van der Waals surface area contributed by atoms with Crippen LogP contribution in [0.25, 0.3) is 0 Å². The Bertz CT molecular complexity index is 937. The smallest absolute Gasteiger partial charge is 0.336 e. The van der Waals surface area contributed by atoms with E-state index in [-0.39, 0.29) is 12.5 Å². The number of carbonyl (C=O) groups is 1. The summed E-state index contributed by atoms with van der Waals surface area (Å²) in [4.78, 5) is 13.6. The second-order valence-corrected chi connectivity index (χ2v) is 7.89. The number of rotatable bonds is 4. The molecule has 1 amide bonds. The van der Waals surface area contributed by atoms with Crippen LogP contribution in [0.1, 0.15) is 12.0 Å². The fourth-order valence-corrected chi connectivity index (χ4v) is 3.75. The Kier molecular flexibility index (Phi) is 4.70. The number of hydrogen-bond acceptors (Lipinski definition) is 9. The second kappa shape index (κ2) is 7.16. The topological polar surface area (TPSA) is 121 Å². The Labute approximate surface area is 154 Å². The van der Waals surface area contributed by atoms with Gasteiger partial charge >= 0.3 is 5.22 Å². The Morgan fingerprint density at radius 2 is 1.89 bits per heavy atom. The molecule has 1 aromatic carbocycles. The summed E-state index contributed by atoms with van der Waals surface area (Å²) < 4.78 is 46.6. The highest BCUT2D eigenvalue weighted by Gasteiger charge is 2.32. The maximum Gasteiger partial charge on any atom is 0.336 e. The first-order valence-corrected chi connectivity index (χ1v) is 9.98. The number of fused-ring (bicyclic) bond motifs is 1. The lowest BCUT2D eigenvalue weighted by atomic mass is 10.2. The number of sulfone groups is 1. The molecule has 11 heteroatoms. The minimum Gasteiger partial charge on any atom is -0.485 e. The summed E-state index contributed by atoms with van der Waals surface area (Å²) in [5, 5.41) is 6.73. The van der Waals surface area contributed by atoms with Crippen LogP contribution in [0.5, 0.6) is 11.5 Å². The van der Waals surface area contributed by atoms with E-state index < -0.39 is 32.8 Å². The summed E-state index contributed by atoms with van der Waals surface area (Å²) in [6.45, 7) is 1.59. The van der Waals surface area contributed by atoms with Crippen molar-refractivity contribution in [1.29, 1.82) is 0 Å². The van der Waals surface area contributed by atoms with Crippen molar-refractivity contribution in [3.63, 3.8) is 0 Å². The van der Waals surface area contributed by atoms with Crippen molar-refractivity contribution in [1.82, 2.24) is 15.1 Å². The van der Waals surface area contributed by atoms with E-state index in [1.54, 1.807) is 18.2 Å². The van der Waals surface area contributed by atoms with Crippen LogP contribution in [-0.2, 0) is 19.4 Å². The molecule has 0 aliphatic carbocycles. The molecular formula is C16H17N3O7S. The predicted octanol–water partition coefficient (Wildman–Crippen LogP) is 0.215. The monoisotopic (exact) mass is 395 g/mol. The highest BCUT2D eigenvalue weighted by Crippen LogP contribution is 2.35. The Morgan fingerprint density at radius 1 is 1.15 bits per heavy atom. The molecule has 4 rings (SSSR count). The molecule has 0 bridgehead atoms. The van der Waals surface area contributed by atoms with E-state index in [0.29, 0.717) is 37.8 Å².